The van der Waals surface area contributed by atoms with Crippen LogP contribution in [0.5, 0.6) is 17.2 Å². The predicted molar refractivity (Wildman–Crippen MR) is 111 cm³/mol. The average molecular weight is 440 g/mol. The summed E-state index contributed by atoms with van der Waals surface area (Å²) in [4.78, 5) is 36.8. The molecule has 0 bridgehead atoms. The largest absolute Gasteiger partial charge is 0.493 e. The molecule has 9 heteroatoms. The number of rotatable bonds is 6. The molecule has 0 radical (unpaired) electrons. The van der Waals surface area contributed by atoms with Gasteiger partial charge in [-0.2, -0.15) is 0 Å². The lowest BCUT2D eigenvalue weighted by Crippen LogP contribution is -2.31. The van der Waals surface area contributed by atoms with Gasteiger partial charge in [-0.1, -0.05) is 18.2 Å². The maximum absolute atomic E-state index is 12.9. The molecule has 2 aromatic carbocycles. The van der Waals surface area contributed by atoms with Crippen molar-refractivity contribution in [2.24, 2.45) is 0 Å². The summed E-state index contributed by atoms with van der Waals surface area (Å²) >= 11 is 0. The number of methoxy groups -OCH3 is 3. The highest BCUT2D eigenvalue weighted by molar-refractivity contribution is 5.88. The predicted octanol–water partition coefficient (Wildman–Crippen LogP) is 2.42. The van der Waals surface area contributed by atoms with Gasteiger partial charge in [0.25, 0.3) is 0 Å². The minimum absolute atomic E-state index is 0.212. The number of carbonyl (C=O) groups excluding carboxylic acids is 2. The van der Waals surface area contributed by atoms with Crippen LogP contribution in [-0.4, -0.2) is 46.0 Å². The van der Waals surface area contributed by atoms with E-state index in [4.69, 9.17) is 23.4 Å². The van der Waals surface area contributed by atoms with Gasteiger partial charge in [0.05, 0.1) is 38.2 Å². The van der Waals surface area contributed by atoms with Crippen molar-refractivity contribution in [1.82, 2.24) is 0 Å². The van der Waals surface area contributed by atoms with Crippen LogP contribution in [0.3, 0.4) is 0 Å². The highest BCUT2D eigenvalue weighted by Gasteiger charge is 2.45. The van der Waals surface area contributed by atoms with Crippen molar-refractivity contribution < 1.29 is 37.7 Å². The Balaban J connectivity index is 1.83. The number of carbonyl (C=O) groups is 2. The van der Waals surface area contributed by atoms with Crippen LogP contribution in [-0.2, 0) is 19.1 Å². The van der Waals surface area contributed by atoms with E-state index in [9.17, 15) is 14.4 Å². The van der Waals surface area contributed by atoms with Crippen LogP contribution in [0, 0.1) is 0 Å². The first-order chi connectivity index (χ1) is 15.5. The second-order valence-corrected chi connectivity index (χ2v) is 6.94. The third-order valence-corrected chi connectivity index (χ3v) is 5.21. The van der Waals surface area contributed by atoms with E-state index in [1.165, 1.54) is 21.3 Å². The molecule has 3 aromatic rings. The number of fused-ring (bicyclic) bond motifs is 3. The van der Waals surface area contributed by atoms with Crippen molar-refractivity contribution in [3.8, 4) is 17.2 Å². The van der Waals surface area contributed by atoms with Gasteiger partial charge in [0.1, 0.15) is 11.3 Å². The molecule has 0 amide bonds. The second-order valence-electron chi connectivity index (χ2n) is 6.94. The van der Waals surface area contributed by atoms with Crippen LogP contribution in [0.25, 0.3) is 11.0 Å². The summed E-state index contributed by atoms with van der Waals surface area (Å²) in [6.07, 6.45) is -1.10. The molecule has 4 rings (SSSR count). The van der Waals surface area contributed by atoms with Crippen LogP contribution in [0.15, 0.2) is 51.7 Å². The molecule has 0 saturated carbocycles. The third kappa shape index (κ3) is 3.62. The molecule has 2 atom stereocenters. The standard InChI is InChI=1S/C23H20O9/c1-27-16-10-12(8-9-15(16)30-11-17(24)28-2)18-19-20(32-21(18)23(26)29-3)13-6-4-5-7-14(13)31-22(19)25/h4-10,18,21H,11H2,1-3H3/t18-,21-/m0/s1. The van der Waals surface area contributed by atoms with E-state index in [0.717, 1.165) is 0 Å². The number of para-hydroxylation sites is 1. The Morgan fingerprint density at radius 1 is 1.00 bits per heavy atom. The van der Waals surface area contributed by atoms with Crippen molar-refractivity contribution in [2.75, 3.05) is 27.9 Å². The van der Waals surface area contributed by atoms with Crippen molar-refractivity contribution in [2.45, 2.75) is 12.0 Å². The molecule has 9 nitrogen and oxygen atoms in total. The fourth-order valence-corrected chi connectivity index (χ4v) is 3.71. The molecule has 0 N–H and O–H groups in total. The molecule has 0 aliphatic carbocycles. The second kappa shape index (κ2) is 8.62. The van der Waals surface area contributed by atoms with E-state index in [0.29, 0.717) is 28.0 Å². The van der Waals surface area contributed by atoms with Crippen LogP contribution < -0.4 is 19.8 Å². The average Bonchev–Trinajstić information content (AvgIpc) is 3.23. The first kappa shape index (κ1) is 21.2. The number of benzene rings is 2. The first-order valence-electron chi connectivity index (χ1n) is 9.66. The number of hydrogen-bond donors (Lipinski definition) is 0. The van der Waals surface area contributed by atoms with Gasteiger partial charge >= 0.3 is 17.6 Å². The van der Waals surface area contributed by atoms with Crippen molar-refractivity contribution in [3.05, 3.63) is 64.0 Å². The van der Waals surface area contributed by atoms with Gasteiger partial charge < -0.3 is 28.1 Å². The fourth-order valence-electron chi connectivity index (χ4n) is 3.71. The molecule has 0 spiro atoms. The maximum Gasteiger partial charge on any atom is 0.348 e. The third-order valence-electron chi connectivity index (χ3n) is 5.21. The zero-order chi connectivity index (χ0) is 22.8. The van der Waals surface area contributed by atoms with E-state index in [1.807, 2.05) is 0 Å². The Hall–Kier alpha value is -4.01. The SMILES string of the molecule is COC(=O)COc1ccc([C@H]2c3c(c4ccccc4oc3=O)O[C@@H]2C(=O)OC)cc1OC. The lowest BCUT2D eigenvalue weighted by Gasteiger charge is -2.18. The monoisotopic (exact) mass is 440 g/mol. The maximum atomic E-state index is 12.9. The molecule has 0 unspecified atom stereocenters. The lowest BCUT2D eigenvalue weighted by atomic mass is 9.88. The topological polar surface area (TPSA) is 111 Å². The molecular formula is C23H20O9. The van der Waals surface area contributed by atoms with Gasteiger partial charge in [-0.25, -0.2) is 14.4 Å². The van der Waals surface area contributed by atoms with Crippen molar-refractivity contribution >= 4 is 22.9 Å². The smallest absolute Gasteiger partial charge is 0.348 e. The molecule has 1 aliphatic heterocycles. The summed E-state index contributed by atoms with van der Waals surface area (Å²) in [6, 6.07) is 11.8. The summed E-state index contributed by atoms with van der Waals surface area (Å²) < 4.78 is 31.8. The Morgan fingerprint density at radius 3 is 2.50 bits per heavy atom. The Kier molecular flexibility index (Phi) is 5.72. The number of esters is 2. The van der Waals surface area contributed by atoms with Crippen LogP contribution in [0.4, 0.5) is 0 Å². The summed E-state index contributed by atoms with van der Waals surface area (Å²) in [5.74, 6) is -1.12. The Bertz CT molecular complexity index is 1240. The first-order valence-corrected chi connectivity index (χ1v) is 9.66. The highest BCUT2D eigenvalue weighted by atomic mass is 16.6. The van der Waals surface area contributed by atoms with Gasteiger partial charge in [0, 0.05) is 0 Å². The molecule has 0 fully saturated rings. The van der Waals surface area contributed by atoms with E-state index in [1.54, 1.807) is 42.5 Å². The zero-order valence-electron chi connectivity index (χ0n) is 17.6. The molecule has 166 valence electrons. The fraction of sp³-hybridized carbons (Fsp3) is 0.261. The molecular weight excluding hydrogens is 420 g/mol. The molecule has 1 aliphatic rings. The lowest BCUT2D eigenvalue weighted by molar-refractivity contribution is -0.148. The van der Waals surface area contributed by atoms with Gasteiger partial charge in [-0.05, 0) is 29.8 Å². The summed E-state index contributed by atoms with van der Waals surface area (Å²) in [5, 5.41) is 0.573. The molecule has 1 aromatic heterocycles. The summed E-state index contributed by atoms with van der Waals surface area (Å²) in [6.45, 7) is -0.304. The van der Waals surface area contributed by atoms with Crippen molar-refractivity contribution in [1.29, 1.82) is 0 Å². The highest BCUT2D eigenvalue weighted by Crippen LogP contribution is 2.46. The minimum atomic E-state index is -1.10. The Morgan fingerprint density at radius 2 is 1.78 bits per heavy atom. The summed E-state index contributed by atoms with van der Waals surface area (Å²) in [7, 11) is 3.94. The van der Waals surface area contributed by atoms with Crippen molar-refractivity contribution in [3.63, 3.8) is 0 Å². The van der Waals surface area contributed by atoms with Gasteiger partial charge in [0.2, 0.25) is 6.10 Å². The normalized spacial score (nSPS) is 16.7. The molecule has 32 heavy (non-hydrogen) atoms. The minimum Gasteiger partial charge on any atom is -0.493 e. The quantitative estimate of drug-likeness (QED) is 0.421. The van der Waals surface area contributed by atoms with Gasteiger partial charge in [-0.15, -0.1) is 0 Å². The van der Waals surface area contributed by atoms with E-state index >= 15 is 0 Å². The van der Waals surface area contributed by atoms with E-state index < -0.39 is 29.6 Å². The Labute approximate surface area is 182 Å². The summed E-state index contributed by atoms with van der Waals surface area (Å²) in [5.41, 5.74) is 0.498. The van der Waals surface area contributed by atoms with Crippen LogP contribution in [0.1, 0.15) is 17.0 Å². The van der Waals surface area contributed by atoms with E-state index in [-0.39, 0.29) is 17.9 Å². The molecule has 2 heterocycles. The van der Waals surface area contributed by atoms with Gasteiger partial charge in [-0.3, -0.25) is 0 Å². The zero-order valence-corrected chi connectivity index (χ0v) is 17.6. The van der Waals surface area contributed by atoms with Gasteiger partial charge in [0.15, 0.2) is 18.1 Å². The number of ether oxygens (including phenoxy) is 5. The molecule has 0 saturated heterocycles. The van der Waals surface area contributed by atoms with E-state index in [2.05, 4.69) is 4.74 Å². The number of hydrogen-bond acceptors (Lipinski definition) is 9. The van der Waals surface area contributed by atoms with Crippen LogP contribution in [0.2, 0.25) is 0 Å². The van der Waals surface area contributed by atoms with Crippen LogP contribution >= 0.6 is 0 Å².